The van der Waals surface area contributed by atoms with Crippen molar-refractivity contribution in [3.05, 3.63) is 59.7 Å². The zero-order valence-corrected chi connectivity index (χ0v) is 20.5. The first-order valence-electron chi connectivity index (χ1n) is 11.1. The Balaban J connectivity index is 1.97. The van der Waals surface area contributed by atoms with E-state index in [4.69, 9.17) is 14.2 Å². The van der Waals surface area contributed by atoms with E-state index >= 15 is 0 Å². The van der Waals surface area contributed by atoms with Gasteiger partial charge in [0.05, 0.1) is 37.2 Å². The largest absolute Gasteiger partial charge is 0.465 e. The summed E-state index contributed by atoms with van der Waals surface area (Å²) < 4.78 is 29.6. The number of carbonyl (C=O) groups is 3. The number of ether oxygens (including phenoxy) is 3. The fraction of sp³-hybridized carbons (Fsp3) is 0.400. The van der Waals surface area contributed by atoms with E-state index in [1.807, 2.05) is 4.90 Å². The van der Waals surface area contributed by atoms with Crippen LogP contribution in [0.1, 0.15) is 27.2 Å². The van der Waals surface area contributed by atoms with Crippen molar-refractivity contribution >= 4 is 29.4 Å². The molecule has 0 saturated carbocycles. The number of nitrogens with zero attached hydrogens (tertiary/aromatic N) is 2. The number of alkyl carbamates (subject to hydrolysis) is 1. The molecule has 1 unspecified atom stereocenters. The van der Waals surface area contributed by atoms with Gasteiger partial charge in [0.1, 0.15) is 17.1 Å². The number of benzene rings is 1. The maximum Gasteiger partial charge on any atom is 0.407 e. The number of esters is 2. The molecule has 1 saturated heterocycles. The molecule has 2 heterocycles. The first-order chi connectivity index (χ1) is 16.5. The molecule has 2 aliphatic heterocycles. The van der Waals surface area contributed by atoms with Crippen LogP contribution >= 0.6 is 0 Å². The van der Waals surface area contributed by atoms with Gasteiger partial charge in [-0.1, -0.05) is 6.08 Å². The van der Waals surface area contributed by atoms with E-state index in [-0.39, 0.29) is 17.3 Å². The molecule has 0 aromatic heterocycles. The molecule has 3 rings (SSSR count). The van der Waals surface area contributed by atoms with Crippen LogP contribution in [0.3, 0.4) is 0 Å². The zero-order valence-electron chi connectivity index (χ0n) is 20.5. The van der Waals surface area contributed by atoms with Gasteiger partial charge in [0.15, 0.2) is 0 Å². The van der Waals surface area contributed by atoms with Gasteiger partial charge in [0.2, 0.25) is 0 Å². The van der Waals surface area contributed by atoms with E-state index in [1.165, 1.54) is 37.3 Å². The molecule has 1 amide bonds. The van der Waals surface area contributed by atoms with Crippen LogP contribution in [0.4, 0.5) is 20.6 Å². The fourth-order valence-corrected chi connectivity index (χ4v) is 3.88. The van der Waals surface area contributed by atoms with E-state index in [0.717, 1.165) is 0 Å². The standard InChI is InChI=1S/C25H30FN3O6/c1-25(2,3)35-24(32)27-17-11-13-28(15-17)19-10-9-16(26)14-20(19)29-12-7-6-8-18(22(30)33-4)21(29)23(31)34-5/h6-10,12,14,17H,11,13,15H2,1-5H3,(H,27,32). The highest BCUT2D eigenvalue weighted by atomic mass is 19.1. The summed E-state index contributed by atoms with van der Waals surface area (Å²) >= 11 is 0. The molecule has 0 aliphatic carbocycles. The highest BCUT2D eigenvalue weighted by Gasteiger charge is 2.32. The topological polar surface area (TPSA) is 97.4 Å². The van der Waals surface area contributed by atoms with Gasteiger partial charge in [-0.15, -0.1) is 0 Å². The summed E-state index contributed by atoms with van der Waals surface area (Å²) in [4.78, 5) is 40.8. The third-order valence-corrected chi connectivity index (χ3v) is 5.34. The normalized spacial score (nSPS) is 17.8. The summed E-state index contributed by atoms with van der Waals surface area (Å²) in [6.45, 7) is 6.37. The maximum atomic E-state index is 14.4. The summed E-state index contributed by atoms with van der Waals surface area (Å²) in [6, 6.07) is 4.00. The molecule has 1 aromatic rings. The lowest BCUT2D eigenvalue weighted by atomic mass is 10.1. The number of nitrogens with one attached hydrogen (secondary N) is 1. The average Bonchev–Trinajstić information content (AvgIpc) is 3.12. The molecular formula is C25H30FN3O6. The van der Waals surface area contributed by atoms with Crippen LogP contribution in [-0.2, 0) is 23.8 Å². The lowest BCUT2D eigenvalue weighted by Gasteiger charge is -2.29. The van der Waals surface area contributed by atoms with Crippen molar-refractivity contribution in [2.24, 2.45) is 0 Å². The predicted octanol–water partition coefficient (Wildman–Crippen LogP) is 3.42. The maximum absolute atomic E-state index is 14.4. The molecule has 0 bridgehead atoms. The van der Waals surface area contributed by atoms with Crippen molar-refractivity contribution in [1.29, 1.82) is 0 Å². The van der Waals surface area contributed by atoms with Gasteiger partial charge >= 0.3 is 18.0 Å². The van der Waals surface area contributed by atoms with Crippen molar-refractivity contribution in [3.63, 3.8) is 0 Å². The van der Waals surface area contributed by atoms with Crippen LogP contribution in [0.15, 0.2) is 53.9 Å². The number of carbonyl (C=O) groups excluding carboxylic acids is 3. The average molecular weight is 488 g/mol. The van der Waals surface area contributed by atoms with Crippen molar-refractivity contribution in [3.8, 4) is 0 Å². The van der Waals surface area contributed by atoms with Gasteiger partial charge in [-0.3, -0.25) is 0 Å². The van der Waals surface area contributed by atoms with Gasteiger partial charge in [0.25, 0.3) is 0 Å². The Labute approximate surface area is 203 Å². The summed E-state index contributed by atoms with van der Waals surface area (Å²) in [5.74, 6) is -2.06. The second kappa shape index (κ2) is 10.6. The van der Waals surface area contributed by atoms with Crippen molar-refractivity contribution in [1.82, 2.24) is 5.32 Å². The van der Waals surface area contributed by atoms with Gasteiger partial charge in [0, 0.05) is 19.3 Å². The first kappa shape index (κ1) is 25.8. The molecule has 10 heteroatoms. The minimum atomic E-state index is -0.789. The SMILES string of the molecule is COC(=O)C1=C(C(=O)OC)N(c2cc(F)ccc2N2CCC(NC(=O)OC(C)(C)C)C2)C=CC=C1. The summed E-state index contributed by atoms with van der Waals surface area (Å²) in [6.07, 6.45) is 6.30. The van der Waals surface area contributed by atoms with Gasteiger partial charge in [-0.2, -0.15) is 0 Å². The Morgan fingerprint density at radius 1 is 1.06 bits per heavy atom. The Bertz CT molecular complexity index is 1090. The van der Waals surface area contributed by atoms with Gasteiger partial charge in [-0.05, 0) is 57.5 Å². The molecular weight excluding hydrogens is 457 g/mol. The van der Waals surface area contributed by atoms with Crippen molar-refractivity contribution < 1.29 is 33.0 Å². The highest BCUT2D eigenvalue weighted by Crippen LogP contribution is 2.37. The number of halogens is 1. The number of allylic oxidation sites excluding steroid dienone is 2. The zero-order chi connectivity index (χ0) is 25.8. The molecule has 35 heavy (non-hydrogen) atoms. The molecule has 9 nitrogen and oxygen atoms in total. The summed E-state index contributed by atoms with van der Waals surface area (Å²) in [5.41, 5.74) is 0.166. The molecule has 1 N–H and O–H groups in total. The second-order valence-electron chi connectivity index (χ2n) is 9.03. The summed E-state index contributed by atoms with van der Waals surface area (Å²) in [7, 11) is 2.40. The van der Waals surface area contributed by atoms with Crippen LogP contribution < -0.4 is 15.1 Å². The van der Waals surface area contributed by atoms with Crippen molar-refractivity contribution in [2.45, 2.75) is 38.8 Å². The first-order valence-corrected chi connectivity index (χ1v) is 11.1. The fourth-order valence-electron chi connectivity index (χ4n) is 3.88. The Kier molecular flexibility index (Phi) is 7.83. The van der Waals surface area contributed by atoms with E-state index < -0.39 is 29.5 Å². The predicted molar refractivity (Wildman–Crippen MR) is 128 cm³/mol. The third kappa shape index (κ3) is 6.20. The minimum absolute atomic E-state index is 0.0366. The minimum Gasteiger partial charge on any atom is -0.465 e. The monoisotopic (exact) mass is 487 g/mol. The van der Waals surface area contributed by atoms with Crippen molar-refractivity contribution in [2.75, 3.05) is 37.1 Å². The number of amides is 1. The number of hydrogen-bond donors (Lipinski definition) is 1. The van der Waals surface area contributed by atoms with E-state index in [0.29, 0.717) is 30.9 Å². The smallest absolute Gasteiger partial charge is 0.407 e. The molecule has 0 radical (unpaired) electrons. The molecule has 1 atom stereocenters. The lowest BCUT2D eigenvalue weighted by molar-refractivity contribution is -0.139. The summed E-state index contributed by atoms with van der Waals surface area (Å²) in [5, 5.41) is 2.86. The lowest BCUT2D eigenvalue weighted by Crippen LogP contribution is -2.40. The number of hydrogen-bond acceptors (Lipinski definition) is 8. The van der Waals surface area contributed by atoms with Gasteiger partial charge in [-0.25, -0.2) is 18.8 Å². The van der Waals surface area contributed by atoms with Crippen LogP contribution in [0.2, 0.25) is 0 Å². The Morgan fingerprint density at radius 3 is 2.43 bits per heavy atom. The van der Waals surface area contributed by atoms with Crippen LogP contribution in [0.25, 0.3) is 0 Å². The number of methoxy groups -OCH3 is 2. The van der Waals surface area contributed by atoms with E-state index in [9.17, 15) is 18.8 Å². The Hall–Kier alpha value is -3.82. The molecule has 1 aromatic carbocycles. The molecule has 1 fully saturated rings. The molecule has 0 spiro atoms. The molecule has 2 aliphatic rings. The van der Waals surface area contributed by atoms with Crippen LogP contribution in [0, 0.1) is 5.82 Å². The highest BCUT2D eigenvalue weighted by molar-refractivity contribution is 6.06. The third-order valence-electron chi connectivity index (χ3n) is 5.34. The number of anilines is 2. The quantitative estimate of drug-likeness (QED) is 0.499. The molecule has 188 valence electrons. The number of rotatable bonds is 5. The van der Waals surface area contributed by atoms with Crippen LogP contribution in [-0.4, -0.2) is 57.0 Å². The second-order valence-corrected chi connectivity index (χ2v) is 9.03. The van der Waals surface area contributed by atoms with E-state index in [1.54, 1.807) is 45.2 Å². The van der Waals surface area contributed by atoms with E-state index in [2.05, 4.69) is 5.32 Å². The Morgan fingerprint density at radius 2 is 1.77 bits per heavy atom. The van der Waals surface area contributed by atoms with Gasteiger partial charge < -0.3 is 29.3 Å². The van der Waals surface area contributed by atoms with Crippen LogP contribution in [0.5, 0.6) is 0 Å².